The quantitative estimate of drug-likeness (QED) is 0.584. The first kappa shape index (κ1) is 6.16. The minimum Gasteiger partial charge on any atom is -0.481 e. The molecule has 2 rings (SSSR count). The smallest absolute Gasteiger partial charge is 0.309 e. The van der Waals surface area contributed by atoms with Crippen LogP contribution in [0.3, 0.4) is 0 Å². The van der Waals surface area contributed by atoms with Gasteiger partial charge in [-0.15, -0.1) is 0 Å². The molecule has 0 radical (unpaired) electrons. The maximum atomic E-state index is 10.5. The largest absolute Gasteiger partial charge is 0.481 e. The van der Waals surface area contributed by atoms with Crippen LogP contribution in [0.5, 0.6) is 0 Å². The second-order valence-electron chi connectivity index (χ2n) is 3.05. The molecule has 0 spiro atoms. The number of rotatable bonds is 1. The maximum Gasteiger partial charge on any atom is 0.309 e. The predicted octanol–water partition coefficient (Wildman–Crippen LogP) is 0.639. The lowest BCUT2D eigenvalue weighted by atomic mass is 9.89. The van der Waals surface area contributed by atoms with E-state index in [1.807, 2.05) is 0 Å². The summed E-state index contributed by atoms with van der Waals surface area (Å²) in [6, 6.07) is 0. The molecule has 2 aliphatic heterocycles. The summed E-state index contributed by atoms with van der Waals surface area (Å²) in [6.07, 6.45) is 3.03. The third-order valence-corrected chi connectivity index (χ3v) is 2.42. The van der Waals surface area contributed by atoms with Crippen LogP contribution in [0.25, 0.3) is 0 Å². The fourth-order valence-electron chi connectivity index (χ4n) is 1.90. The van der Waals surface area contributed by atoms with E-state index >= 15 is 0 Å². The summed E-state index contributed by atoms with van der Waals surface area (Å²) in [6.45, 7) is 0. The monoisotopic (exact) mass is 142 g/mol. The van der Waals surface area contributed by atoms with E-state index in [0.29, 0.717) is 0 Å². The molecule has 0 aromatic rings. The Kier molecular flexibility index (Phi) is 1.20. The molecule has 3 atom stereocenters. The van der Waals surface area contributed by atoms with E-state index in [1.165, 1.54) is 0 Å². The number of aliphatic carboxylic acids is 1. The fraction of sp³-hybridized carbons (Fsp3) is 0.857. The van der Waals surface area contributed by atoms with E-state index in [1.54, 1.807) is 0 Å². The van der Waals surface area contributed by atoms with E-state index in [4.69, 9.17) is 9.84 Å². The standard InChI is InChI=1S/C7H10O3/c8-7(9)5-3-4-1-2-6(5)10-4/h4-6H,1-3H2,(H,8,9)/t4-,5+,6-/m0/s1. The highest BCUT2D eigenvalue weighted by Crippen LogP contribution is 2.38. The number of fused-ring (bicyclic) bond motifs is 2. The average molecular weight is 142 g/mol. The molecule has 3 nitrogen and oxygen atoms in total. The topological polar surface area (TPSA) is 46.5 Å². The Labute approximate surface area is 59.0 Å². The van der Waals surface area contributed by atoms with Crippen LogP contribution in [0.15, 0.2) is 0 Å². The van der Waals surface area contributed by atoms with Crippen molar-refractivity contribution in [3.8, 4) is 0 Å². The first-order valence-electron chi connectivity index (χ1n) is 3.65. The molecule has 2 heterocycles. The molecule has 0 amide bonds. The van der Waals surface area contributed by atoms with Gasteiger partial charge >= 0.3 is 5.97 Å². The number of hydrogen-bond donors (Lipinski definition) is 1. The Morgan fingerprint density at radius 2 is 2.30 bits per heavy atom. The Balaban J connectivity index is 2.08. The first-order valence-corrected chi connectivity index (χ1v) is 3.65. The zero-order valence-corrected chi connectivity index (χ0v) is 5.62. The van der Waals surface area contributed by atoms with Gasteiger partial charge in [-0.2, -0.15) is 0 Å². The van der Waals surface area contributed by atoms with Gasteiger partial charge in [-0.25, -0.2) is 0 Å². The van der Waals surface area contributed by atoms with Gasteiger partial charge in [0.25, 0.3) is 0 Å². The molecule has 2 saturated heterocycles. The first-order chi connectivity index (χ1) is 4.77. The fourth-order valence-corrected chi connectivity index (χ4v) is 1.90. The van der Waals surface area contributed by atoms with Crippen LogP contribution in [-0.2, 0) is 9.53 Å². The van der Waals surface area contributed by atoms with Crippen LogP contribution in [0.2, 0.25) is 0 Å². The Morgan fingerprint density at radius 3 is 2.60 bits per heavy atom. The minimum absolute atomic E-state index is 0.0301. The highest BCUT2D eigenvalue weighted by atomic mass is 16.5. The van der Waals surface area contributed by atoms with Crippen molar-refractivity contribution in [1.82, 2.24) is 0 Å². The number of carbonyl (C=O) groups is 1. The molecule has 10 heavy (non-hydrogen) atoms. The van der Waals surface area contributed by atoms with Gasteiger partial charge in [0.1, 0.15) is 0 Å². The van der Waals surface area contributed by atoms with Crippen molar-refractivity contribution in [2.24, 2.45) is 5.92 Å². The zero-order valence-electron chi connectivity index (χ0n) is 5.62. The third-order valence-electron chi connectivity index (χ3n) is 2.42. The summed E-state index contributed by atoms with van der Waals surface area (Å²) in [5.74, 6) is -0.897. The summed E-state index contributed by atoms with van der Waals surface area (Å²) < 4.78 is 5.37. The highest BCUT2D eigenvalue weighted by molar-refractivity contribution is 5.71. The van der Waals surface area contributed by atoms with E-state index in [-0.39, 0.29) is 18.1 Å². The van der Waals surface area contributed by atoms with E-state index < -0.39 is 5.97 Å². The normalized spacial score (nSPS) is 44.2. The maximum absolute atomic E-state index is 10.5. The van der Waals surface area contributed by atoms with Gasteiger partial charge in [0.2, 0.25) is 0 Å². The van der Waals surface area contributed by atoms with Gasteiger partial charge < -0.3 is 9.84 Å². The molecular formula is C7H10O3. The predicted molar refractivity (Wildman–Crippen MR) is 33.6 cm³/mol. The lowest BCUT2D eigenvalue weighted by Crippen LogP contribution is -2.24. The molecule has 0 aromatic heterocycles. The lowest BCUT2D eigenvalue weighted by molar-refractivity contribution is -0.143. The van der Waals surface area contributed by atoms with E-state index in [0.717, 1.165) is 19.3 Å². The van der Waals surface area contributed by atoms with Crippen LogP contribution in [0, 0.1) is 5.92 Å². The Hall–Kier alpha value is -0.570. The molecule has 2 fully saturated rings. The molecule has 0 aliphatic carbocycles. The SMILES string of the molecule is O=C(O)[C@@H]1C[C@@H]2CC[C@@H]1O2. The van der Waals surface area contributed by atoms with Gasteiger partial charge in [-0.3, -0.25) is 4.79 Å². The van der Waals surface area contributed by atoms with Gasteiger partial charge in [0.05, 0.1) is 18.1 Å². The van der Waals surface area contributed by atoms with Gasteiger partial charge in [-0.05, 0) is 19.3 Å². The third kappa shape index (κ3) is 0.736. The summed E-state index contributed by atoms with van der Waals surface area (Å²) in [5.41, 5.74) is 0. The van der Waals surface area contributed by atoms with Crippen molar-refractivity contribution in [3.63, 3.8) is 0 Å². The van der Waals surface area contributed by atoms with Crippen molar-refractivity contribution in [1.29, 1.82) is 0 Å². The minimum atomic E-state index is -0.688. The van der Waals surface area contributed by atoms with Crippen molar-refractivity contribution in [2.75, 3.05) is 0 Å². The molecular weight excluding hydrogens is 132 g/mol. The average Bonchev–Trinajstić information content (AvgIpc) is 2.44. The zero-order chi connectivity index (χ0) is 7.14. The summed E-state index contributed by atoms with van der Waals surface area (Å²) in [7, 11) is 0. The second kappa shape index (κ2) is 1.95. The van der Waals surface area contributed by atoms with E-state index in [9.17, 15) is 4.79 Å². The Bertz CT molecular complexity index is 166. The van der Waals surface area contributed by atoms with Crippen LogP contribution in [-0.4, -0.2) is 23.3 Å². The molecule has 0 saturated carbocycles. The van der Waals surface area contributed by atoms with Crippen LogP contribution >= 0.6 is 0 Å². The molecule has 56 valence electrons. The van der Waals surface area contributed by atoms with Gasteiger partial charge in [0, 0.05) is 0 Å². The molecule has 1 N–H and O–H groups in total. The van der Waals surface area contributed by atoms with Crippen LogP contribution in [0.1, 0.15) is 19.3 Å². The second-order valence-corrected chi connectivity index (χ2v) is 3.05. The summed E-state index contributed by atoms with van der Waals surface area (Å²) in [4.78, 5) is 10.5. The lowest BCUT2D eigenvalue weighted by Gasteiger charge is -2.12. The highest BCUT2D eigenvalue weighted by Gasteiger charge is 2.44. The summed E-state index contributed by atoms with van der Waals surface area (Å²) in [5, 5.41) is 8.66. The molecule has 3 heteroatoms. The number of ether oxygens (including phenoxy) is 1. The molecule has 0 unspecified atom stereocenters. The number of hydrogen-bond acceptors (Lipinski definition) is 2. The van der Waals surface area contributed by atoms with Crippen molar-refractivity contribution < 1.29 is 14.6 Å². The van der Waals surface area contributed by atoms with Gasteiger partial charge in [0.15, 0.2) is 0 Å². The number of carboxylic acid groups (broad SMARTS) is 1. The molecule has 2 bridgehead atoms. The van der Waals surface area contributed by atoms with Crippen molar-refractivity contribution in [3.05, 3.63) is 0 Å². The van der Waals surface area contributed by atoms with Crippen molar-refractivity contribution in [2.45, 2.75) is 31.5 Å². The van der Waals surface area contributed by atoms with Crippen LogP contribution < -0.4 is 0 Å². The van der Waals surface area contributed by atoms with Crippen molar-refractivity contribution >= 4 is 5.97 Å². The summed E-state index contributed by atoms with van der Waals surface area (Å²) >= 11 is 0. The Morgan fingerprint density at radius 1 is 1.50 bits per heavy atom. The van der Waals surface area contributed by atoms with Gasteiger partial charge in [-0.1, -0.05) is 0 Å². The molecule has 0 aromatic carbocycles. The molecule has 2 aliphatic rings. The van der Waals surface area contributed by atoms with Crippen LogP contribution in [0.4, 0.5) is 0 Å². The number of carboxylic acids is 1. The van der Waals surface area contributed by atoms with E-state index in [2.05, 4.69) is 0 Å².